The SMILES string of the molecule is COc1cc2cc([C@@H](c3nnnn3C[C@@H]3CCCO3)N3CCN(c4ccc(F)cc4)CC3)c(=O)[nH]c2cc1OC. The summed E-state index contributed by atoms with van der Waals surface area (Å²) in [4.78, 5) is 21.1. The molecule has 2 saturated heterocycles. The molecule has 1 N–H and O–H groups in total. The van der Waals surface area contributed by atoms with Crippen LogP contribution in [0.4, 0.5) is 10.1 Å². The zero-order valence-electron chi connectivity index (χ0n) is 22.5. The lowest BCUT2D eigenvalue weighted by atomic mass is 10.0. The van der Waals surface area contributed by atoms with Crippen molar-refractivity contribution in [2.24, 2.45) is 0 Å². The molecule has 0 saturated carbocycles. The van der Waals surface area contributed by atoms with Crippen LogP contribution in [-0.2, 0) is 11.3 Å². The van der Waals surface area contributed by atoms with E-state index in [1.807, 2.05) is 12.1 Å². The van der Waals surface area contributed by atoms with E-state index in [0.29, 0.717) is 61.1 Å². The molecule has 6 rings (SSSR count). The Morgan fingerprint density at radius 1 is 1.07 bits per heavy atom. The number of halogens is 1. The van der Waals surface area contributed by atoms with E-state index in [1.165, 1.54) is 12.1 Å². The lowest BCUT2D eigenvalue weighted by Gasteiger charge is -2.39. The molecule has 40 heavy (non-hydrogen) atoms. The molecule has 2 aliphatic heterocycles. The predicted octanol–water partition coefficient (Wildman–Crippen LogP) is 2.76. The number of H-pyrrole nitrogens is 1. The fraction of sp³-hybridized carbons (Fsp3) is 0.429. The Bertz CT molecular complexity index is 1530. The van der Waals surface area contributed by atoms with E-state index in [1.54, 1.807) is 37.1 Å². The van der Waals surface area contributed by atoms with Gasteiger partial charge in [-0.25, -0.2) is 9.07 Å². The summed E-state index contributed by atoms with van der Waals surface area (Å²) in [7, 11) is 3.14. The molecule has 0 radical (unpaired) electrons. The highest BCUT2D eigenvalue weighted by Gasteiger charge is 2.33. The quantitative estimate of drug-likeness (QED) is 0.355. The number of anilines is 1. The van der Waals surface area contributed by atoms with Gasteiger partial charge in [-0.3, -0.25) is 9.69 Å². The molecule has 2 fully saturated rings. The van der Waals surface area contributed by atoms with E-state index >= 15 is 0 Å². The number of benzene rings is 2. The molecule has 4 aromatic rings. The lowest BCUT2D eigenvalue weighted by molar-refractivity contribution is 0.0906. The van der Waals surface area contributed by atoms with Crippen molar-refractivity contribution < 1.29 is 18.6 Å². The number of hydrogen-bond donors (Lipinski definition) is 1. The molecule has 11 nitrogen and oxygen atoms in total. The standard InChI is InChI=1S/C28H32FN7O4/c1-38-24-15-18-14-22(28(37)30-23(18)16-25(24)39-2)26(27-31-32-33-36(27)17-21-4-3-13-40-21)35-11-9-34(10-12-35)20-7-5-19(29)6-8-20/h5-8,14-16,21,26H,3-4,9-13,17H2,1-2H3,(H,30,37)/t21-,26-/m0/s1. The first-order chi connectivity index (χ1) is 19.5. The van der Waals surface area contributed by atoms with Gasteiger partial charge in [-0.1, -0.05) is 0 Å². The second-order valence-corrected chi connectivity index (χ2v) is 10.1. The molecule has 2 aromatic heterocycles. The topological polar surface area (TPSA) is 111 Å². The van der Waals surface area contributed by atoms with Crippen molar-refractivity contribution in [3.8, 4) is 11.5 Å². The van der Waals surface area contributed by atoms with E-state index in [9.17, 15) is 9.18 Å². The zero-order chi connectivity index (χ0) is 27.6. The number of nitrogens with zero attached hydrogens (tertiary/aromatic N) is 6. The number of nitrogens with one attached hydrogen (secondary N) is 1. The minimum absolute atomic E-state index is 0.0323. The molecule has 0 amide bonds. The lowest BCUT2D eigenvalue weighted by Crippen LogP contribution is -2.49. The van der Waals surface area contributed by atoms with Crippen LogP contribution >= 0.6 is 0 Å². The maximum atomic E-state index is 13.6. The Labute approximate surface area is 230 Å². The molecule has 0 bridgehead atoms. The van der Waals surface area contributed by atoms with Crippen LogP contribution in [-0.4, -0.2) is 83.2 Å². The van der Waals surface area contributed by atoms with Crippen molar-refractivity contribution in [3.63, 3.8) is 0 Å². The number of aromatic nitrogens is 5. The number of fused-ring (bicyclic) bond motifs is 1. The van der Waals surface area contributed by atoms with Gasteiger partial charge < -0.3 is 24.1 Å². The number of piperazine rings is 1. The van der Waals surface area contributed by atoms with E-state index in [2.05, 4.69) is 30.3 Å². The summed E-state index contributed by atoms with van der Waals surface area (Å²) in [6, 6.07) is 11.5. The number of rotatable bonds is 8. The molecule has 210 valence electrons. The molecule has 0 unspecified atom stereocenters. The number of tetrazole rings is 1. The van der Waals surface area contributed by atoms with Crippen LogP contribution < -0.4 is 19.9 Å². The van der Waals surface area contributed by atoms with Crippen molar-refractivity contribution in [2.75, 3.05) is 51.9 Å². The van der Waals surface area contributed by atoms with Crippen molar-refractivity contribution >= 4 is 16.6 Å². The molecule has 2 atom stereocenters. The van der Waals surface area contributed by atoms with Gasteiger partial charge in [-0.15, -0.1) is 5.10 Å². The molecule has 2 aromatic carbocycles. The van der Waals surface area contributed by atoms with Crippen LogP contribution in [0, 0.1) is 5.82 Å². The van der Waals surface area contributed by atoms with Crippen LogP contribution in [0.2, 0.25) is 0 Å². The Kier molecular flexibility index (Phi) is 7.35. The van der Waals surface area contributed by atoms with Gasteiger partial charge in [-0.05, 0) is 59.7 Å². The van der Waals surface area contributed by atoms with Crippen LogP contribution in [0.25, 0.3) is 10.9 Å². The van der Waals surface area contributed by atoms with Crippen LogP contribution in [0.15, 0.2) is 47.3 Å². The summed E-state index contributed by atoms with van der Waals surface area (Å²) < 4.78 is 32.0. The summed E-state index contributed by atoms with van der Waals surface area (Å²) in [5, 5.41) is 13.5. The second kappa shape index (κ2) is 11.2. The Balaban J connectivity index is 1.38. The Hall–Kier alpha value is -4.03. The Morgan fingerprint density at radius 2 is 1.82 bits per heavy atom. The van der Waals surface area contributed by atoms with Crippen molar-refractivity contribution in [1.29, 1.82) is 0 Å². The van der Waals surface area contributed by atoms with Gasteiger partial charge in [0, 0.05) is 55.5 Å². The highest BCUT2D eigenvalue weighted by molar-refractivity contribution is 5.83. The smallest absolute Gasteiger partial charge is 0.253 e. The first kappa shape index (κ1) is 26.2. The number of aromatic amines is 1. The maximum Gasteiger partial charge on any atom is 0.253 e. The normalized spacial score (nSPS) is 18.8. The Morgan fingerprint density at radius 3 is 2.52 bits per heavy atom. The molecule has 0 aliphatic carbocycles. The minimum Gasteiger partial charge on any atom is -0.493 e. The first-order valence-corrected chi connectivity index (χ1v) is 13.4. The summed E-state index contributed by atoms with van der Waals surface area (Å²) in [5.74, 6) is 1.44. The average molecular weight is 550 g/mol. The third-order valence-corrected chi connectivity index (χ3v) is 7.75. The van der Waals surface area contributed by atoms with Gasteiger partial charge >= 0.3 is 0 Å². The summed E-state index contributed by atoms with van der Waals surface area (Å²) in [6.45, 7) is 3.95. The number of hydrogen-bond acceptors (Lipinski definition) is 9. The number of ether oxygens (including phenoxy) is 3. The number of methoxy groups -OCH3 is 2. The summed E-state index contributed by atoms with van der Waals surface area (Å²) >= 11 is 0. The molecule has 0 spiro atoms. The third-order valence-electron chi connectivity index (χ3n) is 7.75. The van der Waals surface area contributed by atoms with Crippen molar-refractivity contribution in [2.45, 2.75) is 31.5 Å². The zero-order valence-corrected chi connectivity index (χ0v) is 22.5. The van der Waals surface area contributed by atoms with Gasteiger partial charge in [-0.2, -0.15) is 0 Å². The van der Waals surface area contributed by atoms with E-state index in [4.69, 9.17) is 14.2 Å². The fourth-order valence-corrected chi connectivity index (χ4v) is 5.66. The van der Waals surface area contributed by atoms with Crippen LogP contribution in [0.5, 0.6) is 11.5 Å². The summed E-state index contributed by atoms with van der Waals surface area (Å²) in [6.07, 6.45) is 1.98. The fourth-order valence-electron chi connectivity index (χ4n) is 5.66. The van der Waals surface area contributed by atoms with Gasteiger partial charge in [0.15, 0.2) is 17.3 Å². The van der Waals surface area contributed by atoms with Gasteiger partial charge in [0.25, 0.3) is 5.56 Å². The first-order valence-electron chi connectivity index (χ1n) is 13.4. The third kappa shape index (κ3) is 5.11. The minimum atomic E-state index is -0.493. The van der Waals surface area contributed by atoms with Crippen LogP contribution in [0.3, 0.4) is 0 Å². The van der Waals surface area contributed by atoms with Gasteiger partial charge in [0.05, 0.1) is 32.4 Å². The number of pyridine rings is 1. The largest absolute Gasteiger partial charge is 0.493 e. The molecular formula is C28H32FN7O4. The molecule has 2 aliphatic rings. The van der Waals surface area contributed by atoms with Crippen molar-refractivity contribution in [3.05, 3.63) is 70.0 Å². The predicted molar refractivity (Wildman–Crippen MR) is 146 cm³/mol. The molecular weight excluding hydrogens is 517 g/mol. The highest BCUT2D eigenvalue weighted by Crippen LogP contribution is 2.34. The summed E-state index contributed by atoms with van der Waals surface area (Å²) in [5.41, 5.74) is 1.92. The van der Waals surface area contributed by atoms with Crippen molar-refractivity contribution in [1.82, 2.24) is 30.1 Å². The van der Waals surface area contributed by atoms with E-state index in [-0.39, 0.29) is 17.5 Å². The average Bonchev–Trinajstić information content (AvgIpc) is 3.66. The highest BCUT2D eigenvalue weighted by atomic mass is 19.1. The molecule has 12 heteroatoms. The van der Waals surface area contributed by atoms with Crippen LogP contribution in [0.1, 0.15) is 30.3 Å². The maximum absolute atomic E-state index is 13.6. The van der Waals surface area contributed by atoms with E-state index < -0.39 is 6.04 Å². The van der Waals surface area contributed by atoms with Gasteiger partial charge in [0.1, 0.15) is 11.9 Å². The van der Waals surface area contributed by atoms with Gasteiger partial charge in [0.2, 0.25) is 0 Å². The molecule has 4 heterocycles. The van der Waals surface area contributed by atoms with E-state index in [0.717, 1.165) is 30.5 Å². The second-order valence-electron chi connectivity index (χ2n) is 10.1. The monoisotopic (exact) mass is 549 g/mol.